The molecule has 0 unspecified atom stereocenters. The summed E-state index contributed by atoms with van der Waals surface area (Å²) in [5, 5.41) is 1.26. The molecule has 0 saturated carbocycles. The van der Waals surface area contributed by atoms with Crippen molar-refractivity contribution in [3.05, 3.63) is 59.1 Å². The lowest BCUT2D eigenvalue weighted by molar-refractivity contribution is 0.631. The zero-order valence-electron chi connectivity index (χ0n) is 26.9. The fourth-order valence-corrected chi connectivity index (χ4v) is 21.7. The topological polar surface area (TPSA) is 35.6 Å². The van der Waals surface area contributed by atoms with E-state index >= 15 is 0 Å². The van der Waals surface area contributed by atoms with Gasteiger partial charge in [0.1, 0.15) is 22.9 Å². The zero-order valence-corrected chi connectivity index (χ0v) is 30.5. The zero-order chi connectivity index (χ0) is 31.0. The Morgan fingerprint density at radius 3 is 1.41 bits per heavy atom. The van der Waals surface area contributed by atoms with Crippen LogP contribution in [0.1, 0.15) is 83.1 Å². The molecule has 41 heavy (non-hydrogen) atoms. The first kappa shape index (κ1) is 33.7. The van der Waals surface area contributed by atoms with Crippen LogP contribution in [0.4, 0.5) is 8.78 Å². The van der Waals surface area contributed by atoms with Crippen LogP contribution in [0, 0.1) is 11.6 Å². The van der Waals surface area contributed by atoms with Gasteiger partial charge in [-0.25, -0.2) is 18.7 Å². The van der Waals surface area contributed by atoms with Crippen molar-refractivity contribution in [3.8, 4) is 0 Å². The average molecular weight is 664 g/mol. The molecule has 4 aromatic heterocycles. The van der Waals surface area contributed by atoms with Gasteiger partial charge in [0.05, 0.1) is 15.2 Å². The highest BCUT2D eigenvalue weighted by atomic mass is 79.9. The molecule has 0 amide bonds. The number of halogens is 3. The van der Waals surface area contributed by atoms with Gasteiger partial charge in [-0.1, -0.05) is 83.1 Å². The highest BCUT2D eigenvalue weighted by molar-refractivity contribution is 9.10. The lowest BCUT2D eigenvalue weighted by Gasteiger charge is -2.44. The predicted octanol–water partition coefficient (Wildman–Crippen LogP) is 11.2. The largest absolute Gasteiger partial charge is 0.358 e. The van der Waals surface area contributed by atoms with Crippen molar-refractivity contribution < 1.29 is 8.78 Å². The van der Waals surface area contributed by atoms with Crippen molar-refractivity contribution >= 4 is 54.5 Å². The summed E-state index contributed by atoms with van der Waals surface area (Å²) in [6, 6.07) is 5.19. The monoisotopic (exact) mass is 662 g/mol. The van der Waals surface area contributed by atoms with Crippen LogP contribution in [0.5, 0.6) is 0 Å². The summed E-state index contributed by atoms with van der Waals surface area (Å²) >= 11 is 3.23. The molecule has 4 rings (SSSR count). The summed E-state index contributed by atoms with van der Waals surface area (Å²) in [5.41, 5.74) is 4.99. The maximum absolute atomic E-state index is 14.3. The third-order valence-electron chi connectivity index (χ3n) is 9.52. The Kier molecular flexibility index (Phi) is 10.5. The van der Waals surface area contributed by atoms with Gasteiger partial charge in [0.15, 0.2) is 16.5 Å². The second-order valence-electron chi connectivity index (χ2n) is 13.3. The van der Waals surface area contributed by atoms with Crippen LogP contribution in [0.2, 0.25) is 33.2 Å². The van der Waals surface area contributed by atoms with Crippen LogP contribution in [0.25, 0.3) is 22.1 Å². The predicted molar refractivity (Wildman–Crippen MR) is 180 cm³/mol. The number of aromatic nitrogens is 4. The van der Waals surface area contributed by atoms with Crippen molar-refractivity contribution in [1.29, 1.82) is 0 Å². The summed E-state index contributed by atoms with van der Waals surface area (Å²) < 4.78 is 33.4. The summed E-state index contributed by atoms with van der Waals surface area (Å²) in [5.74, 6) is -0.383. The van der Waals surface area contributed by atoms with Gasteiger partial charge in [-0.3, -0.25) is 0 Å². The summed E-state index contributed by atoms with van der Waals surface area (Å²) in [4.78, 5) is 9.00. The van der Waals surface area contributed by atoms with Crippen molar-refractivity contribution in [1.82, 2.24) is 18.4 Å². The normalized spacial score (nSPS) is 13.1. The molecule has 4 nitrogen and oxygen atoms in total. The van der Waals surface area contributed by atoms with Gasteiger partial charge in [-0.2, -0.15) is 0 Å². The average Bonchev–Trinajstić information content (AvgIpc) is 3.48. The van der Waals surface area contributed by atoms with E-state index < -0.39 is 16.5 Å². The molecule has 0 radical (unpaired) electrons. The Hall–Kier alpha value is -1.85. The summed E-state index contributed by atoms with van der Waals surface area (Å²) in [6.07, 6.45) is 7.27. The molecule has 0 aliphatic heterocycles. The molecule has 0 atom stereocenters. The number of hydrogen-bond donors (Lipinski definition) is 0. The molecule has 0 aromatic carbocycles. The molecule has 9 heteroatoms. The lowest BCUT2D eigenvalue weighted by atomic mass is 10.3. The first-order chi connectivity index (χ1) is 19.1. The quantitative estimate of drug-likeness (QED) is 0.176. The molecule has 0 aliphatic rings. The molecule has 4 heterocycles. The van der Waals surface area contributed by atoms with E-state index in [2.05, 4.69) is 130 Å². The molecule has 0 fully saturated rings. The minimum absolute atomic E-state index is 0.173. The van der Waals surface area contributed by atoms with E-state index in [1.54, 1.807) is 12.4 Å². The Morgan fingerprint density at radius 2 is 1.00 bits per heavy atom. The number of hydrogen-bond acceptors (Lipinski definition) is 2. The smallest absolute Gasteiger partial charge is 0.171 e. The van der Waals surface area contributed by atoms with E-state index in [9.17, 15) is 8.78 Å². The molecular weight excluding hydrogens is 614 g/mol. The molecule has 0 aliphatic carbocycles. The molecule has 226 valence electrons. The maximum atomic E-state index is 14.3. The van der Waals surface area contributed by atoms with Gasteiger partial charge < -0.3 is 8.47 Å². The Morgan fingerprint density at radius 1 is 0.610 bits per heavy atom. The maximum Gasteiger partial charge on any atom is 0.171 e. The fraction of sp³-hybridized carbons (Fsp3) is 0.562. The number of pyridine rings is 2. The van der Waals surface area contributed by atoms with Gasteiger partial charge in [-0.15, -0.1) is 0 Å². The van der Waals surface area contributed by atoms with Crippen LogP contribution >= 0.6 is 15.9 Å². The Bertz CT molecular complexity index is 1430. The van der Waals surface area contributed by atoms with E-state index in [0.717, 1.165) is 11.3 Å². The van der Waals surface area contributed by atoms with Crippen LogP contribution in [-0.2, 0) is 0 Å². The van der Waals surface area contributed by atoms with Gasteiger partial charge in [0.25, 0.3) is 0 Å². The third-order valence-corrected chi connectivity index (χ3v) is 23.6. The first-order valence-corrected chi connectivity index (χ1v) is 20.2. The van der Waals surface area contributed by atoms with Gasteiger partial charge in [0, 0.05) is 12.4 Å². The molecule has 0 N–H and O–H groups in total. The van der Waals surface area contributed by atoms with E-state index in [0.29, 0.717) is 48.5 Å². The summed E-state index contributed by atoms with van der Waals surface area (Å²) in [6.45, 7) is 27.6. The van der Waals surface area contributed by atoms with Gasteiger partial charge >= 0.3 is 0 Å². The van der Waals surface area contributed by atoms with E-state index in [1.165, 1.54) is 6.07 Å². The van der Waals surface area contributed by atoms with E-state index in [-0.39, 0.29) is 11.6 Å². The second kappa shape index (κ2) is 12.8. The van der Waals surface area contributed by atoms with E-state index in [4.69, 9.17) is 0 Å². The number of nitrogens with zero attached hydrogens (tertiary/aromatic N) is 4. The SMILES string of the molecule is CC(C)[Si](C(C)C)(C(C)C)n1ccc2c(F)c(Br)cnc21.CC(C)[Si](C(C)C)(C(C)C)n1ccc2c(F)ccnc21. The summed E-state index contributed by atoms with van der Waals surface area (Å²) in [7, 11) is -3.74. The Labute approximate surface area is 256 Å². The van der Waals surface area contributed by atoms with Crippen molar-refractivity contribution in [2.45, 2.75) is 116 Å². The second-order valence-corrected chi connectivity index (χ2v) is 25.6. The number of rotatable bonds is 8. The van der Waals surface area contributed by atoms with Crippen molar-refractivity contribution in [3.63, 3.8) is 0 Å². The fourth-order valence-electron chi connectivity index (χ4n) is 8.33. The molecule has 4 aromatic rings. The first-order valence-electron chi connectivity index (χ1n) is 15.0. The van der Waals surface area contributed by atoms with Gasteiger partial charge in [-0.05, 0) is 79.8 Å². The molecule has 0 bridgehead atoms. The highest BCUT2D eigenvalue weighted by Crippen LogP contribution is 2.45. The van der Waals surface area contributed by atoms with Crippen molar-refractivity contribution in [2.24, 2.45) is 0 Å². The third kappa shape index (κ3) is 5.51. The van der Waals surface area contributed by atoms with Crippen molar-refractivity contribution in [2.75, 3.05) is 0 Å². The van der Waals surface area contributed by atoms with Crippen LogP contribution < -0.4 is 0 Å². The van der Waals surface area contributed by atoms with E-state index in [1.807, 2.05) is 12.1 Å². The van der Waals surface area contributed by atoms with Gasteiger partial charge in [0.2, 0.25) is 0 Å². The standard InChI is InChI=1S/C16H24BrFN2Si.C16H25FN2Si/c1-10(2)21(11(3)4,12(5)6)20-8-7-13-15(18)14(17)9-19-16(13)20;1-11(2)20(12(3)4,13(5)6)19-10-8-14-15(17)7-9-18-16(14)19/h7-12H,1-6H3;7-13H,1-6H3. The van der Waals surface area contributed by atoms with Crippen LogP contribution in [-0.4, -0.2) is 34.9 Å². The Balaban J connectivity index is 0.000000226. The van der Waals surface area contributed by atoms with Crippen LogP contribution in [0.3, 0.4) is 0 Å². The number of fused-ring (bicyclic) bond motifs is 2. The molecule has 0 saturated heterocycles. The van der Waals surface area contributed by atoms with Crippen LogP contribution in [0.15, 0.2) is 47.5 Å². The molecular formula is C32H49BrF2N4Si2. The molecule has 0 spiro atoms. The highest BCUT2D eigenvalue weighted by Gasteiger charge is 2.47. The minimum atomic E-state index is -1.88. The lowest BCUT2D eigenvalue weighted by Crippen LogP contribution is -2.51. The minimum Gasteiger partial charge on any atom is -0.358 e.